The summed E-state index contributed by atoms with van der Waals surface area (Å²) in [6, 6.07) is 20.0. The van der Waals surface area contributed by atoms with Gasteiger partial charge >= 0.3 is 0 Å². The second-order valence-electron chi connectivity index (χ2n) is 8.33. The molecule has 0 aliphatic carbocycles. The number of hydrogen-bond acceptors (Lipinski definition) is 2. The Morgan fingerprint density at radius 1 is 0.857 bits per heavy atom. The van der Waals surface area contributed by atoms with Crippen molar-refractivity contribution in [3.8, 4) is 0 Å². The first-order valence-corrected chi connectivity index (χ1v) is 9.71. The summed E-state index contributed by atoms with van der Waals surface area (Å²) in [4.78, 5) is 27.9. The highest BCUT2D eigenvalue weighted by Crippen LogP contribution is 2.10. The number of carbonyl (C=O) groups is 2. The summed E-state index contributed by atoms with van der Waals surface area (Å²) in [6.07, 6.45) is 0. The van der Waals surface area contributed by atoms with Crippen molar-refractivity contribution in [3.05, 3.63) is 71.8 Å². The van der Waals surface area contributed by atoms with Crippen molar-refractivity contribution in [1.82, 2.24) is 10.2 Å². The van der Waals surface area contributed by atoms with Crippen LogP contribution < -0.4 is 10.2 Å². The predicted molar refractivity (Wildman–Crippen MR) is 112 cm³/mol. The zero-order valence-electron chi connectivity index (χ0n) is 17.4. The Bertz CT molecular complexity index is 713. The second-order valence-corrected chi connectivity index (χ2v) is 8.33. The lowest BCUT2D eigenvalue weighted by molar-refractivity contribution is -0.863. The molecule has 2 amide bonds. The minimum absolute atomic E-state index is 0.0359. The minimum Gasteiger partial charge on any atom is -0.347 e. The second kappa shape index (κ2) is 10.0. The van der Waals surface area contributed by atoms with Gasteiger partial charge in [-0.15, -0.1) is 0 Å². The molecule has 1 atom stereocenters. The highest BCUT2D eigenvalue weighted by molar-refractivity contribution is 5.79. The number of nitrogens with zero attached hydrogens (tertiary/aromatic N) is 1. The third kappa shape index (κ3) is 7.92. The van der Waals surface area contributed by atoms with Gasteiger partial charge in [0.2, 0.25) is 0 Å². The maximum Gasteiger partial charge on any atom is 0.278 e. The Balaban J connectivity index is 2.02. The SMILES string of the molecule is C[NH+](CC(=O)NC(C)(C)C)CC(=O)N(Cc1ccccc1)Cc1ccccc1. The third-order valence-electron chi connectivity index (χ3n) is 4.21. The Morgan fingerprint density at radius 3 is 1.75 bits per heavy atom. The normalized spacial score (nSPS) is 12.3. The molecular weight excluding hydrogens is 350 g/mol. The van der Waals surface area contributed by atoms with E-state index in [0.717, 1.165) is 16.0 Å². The number of hydrogen-bond donors (Lipinski definition) is 2. The lowest BCUT2D eigenvalue weighted by Crippen LogP contribution is -3.11. The summed E-state index contributed by atoms with van der Waals surface area (Å²) in [5.41, 5.74) is 1.92. The zero-order chi connectivity index (χ0) is 20.6. The van der Waals surface area contributed by atoms with Gasteiger partial charge < -0.3 is 15.1 Å². The number of quaternary nitrogens is 1. The summed E-state index contributed by atoms with van der Waals surface area (Å²) < 4.78 is 0. The molecule has 2 aromatic rings. The van der Waals surface area contributed by atoms with Gasteiger partial charge in [-0.05, 0) is 31.9 Å². The first-order valence-electron chi connectivity index (χ1n) is 9.71. The van der Waals surface area contributed by atoms with E-state index in [1.807, 2.05) is 93.4 Å². The molecule has 0 saturated carbocycles. The van der Waals surface area contributed by atoms with Gasteiger partial charge in [-0.25, -0.2) is 0 Å². The number of carbonyl (C=O) groups excluding carboxylic acids is 2. The molecule has 0 heterocycles. The number of nitrogens with one attached hydrogen (secondary N) is 2. The molecule has 2 N–H and O–H groups in total. The van der Waals surface area contributed by atoms with E-state index >= 15 is 0 Å². The van der Waals surface area contributed by atoms with Crippen LogP contribution in [0.3, 0.4) is 0 Å². The summed E-state index contributed by atoms with van der Waals surface area (Å²) in [6.45, 7) is 7.50. The van der Waals surface area contributed by atoms with Crippen LogP contribution in [0.2, 0.25) is 0 Å². The van der Waals surface area contributed by atoms with Crippen LogP contribution in [0, 0.1) is 0 Å². The molecule has 0 spiro atoms. The molecule has 28 heavy (non-hydrogen) atoms. The fraction of sp³-hybridized carbons (Fsp3) is 0.391. The maximum absolute atomic E-state index is 13.0. The smallest absolute Gasteiger partial charge is 0.278 e. The standard InChI is InChI=1S/C23H31N3O2/c1-23(2,3)24-21(27)17-25(4)18-22(28)26(15-19-11-7-5-8-12-19)16-20-13-9-6-10-14-20/h5-14H,15-18H2,1-4H3,(H,24,27)/p+1. The first kappa shape index (κ1) is 21.6. The van der Waals surface area contributed by atoms with Crippen molar-refractivity contribution in [3.63, 3.8) is 0 Å². The van der Waals surface area contributed by atoms with Gasteiger partial charge in [0.15, 0.2) is 13.1 Å². The molecular formula is C23H32N3O2+. The lowest BCUT2D eigenvalue weighted by Gasteiger charge is -2.25. The Hall–Kier alpha value is -2.66. The van der Waals surface area contributed by atoms with E-state index in [4.69, 9.17) is 0 Å². The van der Waals surface area contributed by atoms with Crippen LogP contribution >= 0.6 is 0 Å². The van der Waals surface area contributed by atoms with Crippen molar-refractivity contribution < 1.29 is 14.5 Å². The van der Waals surface area contributed by atoms with E-state index in [2.05, 4.69) is 5.32 Å². The van der Waals surface area contributed by atoms with Crippen LogP contribution in [0.1, 0.15) is 31.9 Å². The molecule has 0 fully saturated rings. The van der Waals surface area contributed by atoms with E-state index in [-0.39, 0.29) is 30.4 Å². The third-order valence-corrected chi connectivity index (χ3v) is 4.21. The van der Waals surface area contributed by atoms with Crippen molar-refractivity contribution in [2.75, 3.05) is 20.1 Å². The van der Waals surface area contributed by atoms with E-state index in [9.17, 15) is 9.59 Å². The molecule has 0 saturated heterocycles. The van der Waals surface area contributed by atoms with E-state index in [0.29, 0.717) is 13.1 Å². The fourth-order valence-corrected chi connectivity index (χ4v) is 3.01. The number of rotatable bonds is 8. The molecule has 5 heteroatoms. The largest absolute Gasteiger partial charge is 0.347 e. The first-order chi connectivity index (χ1) is 13.2. The van der Waals surface area contributed by atoms with Gasteiger partial charge in [-0.1, -0.05) is 60.7 Å². The van der Waals surface area contributed by atoms with Crippen LogP contribution in [-0.2, 0) is 22.7 Å². The highest BCUT2D eigenvalue weighted by atomic mass is 16.2. The molecule has 2 aromatic carbocycles. The molecule has 0 aromatic heterocycles. The summed E-state index contributed by atoms with van der Waals surface area (Å²) >= 11 is 0. The maximum atomic E-state index is 13.0. The van der Waals surface area contributed by atoms with Gasteiger partial charge in [-0.2, -0.15) is 0 Å². The fourth-order valence-electron chi connectivity index (χ4n) is 3.01. The lowest BCUT2D eigenvalue weighted by atomic mass is 10.1. The number of benzene rings is 2. The van der Waals surface area contributed by atoms with E-state index in [1.165, 1.54) is 0 Å². The van der Waals surface area contributed by atoms with Crippen molar-refractivity contribution in [1.29, 1.82) is 0 Å². The van der Waals surface area contributed by atoms with Crippen LogP contribution in [-0.4, -0.2) is 42.4 Å². The minimum atomic E-state index is -0.270. The van der Waals surface area contributed by atoms with Crippen LogP contribution in [0.4, 0.5) is 0 Å². The Kier molecular flexibility index (Phi) is 7.76. The summed E-state index contributed by atoms with van der Waals surface area (Å²) in [5, 5.41) is 2.95. The van der Waals surface area contributed by atoms with Crippen molar-refractivity contribution in [2.24, 2.45) is 0 Å². The molecule has 2 rings (SSSR count). The van der Waals surface area contributed by atoms with E-state index in [1.54, 1.807) is 0 Å². The molecule has 1 unspecified atom stereocenters. The predicted octanol–water partition coefficient (Wildman–Crippen LogP) is 1.64. The molecule has 0 aliphatic rings. The quantitative estimate of drug-likeness (QED) is 0.729. The summed E-state index contributed by atoms with van der Waals surface area (Å²) in [7, 11) is 1.88. The monoisotopic (exact) mass is 382 g/mol. The van der Waals surface area contributed by atoms with Gasteiger partial charge in [-0.3, -0.25) is 9.59 Å². The van der Waals surface area contributed by atoms with Crippen LogP contribution in [0.25, 0.3) is 0 Å². The van der Waals surface area contributed by atoms with Gasteiger partial charge in [0.05, 0.1) is 7.05 Å². The van der Waals surface area contributed by atoms with Crippen molar-refractivity contribution in [2.45, 2.75) is 39.4 Å². The average molecular weight is 383 g/mol. The molecule has 0 radical (unpaired) electrons. The van der Waals surface area contributed by atoms with E-state index < -0.39 is 0 Å². The van der Waals surface area contributed by atoms with Gasteiger partial charge in [0.25, 0.3) is 11.8 Å². The summed E-state index contributed by atoms with van der Waals surface area (Å²) in [5.74, 6) is -0.00997. The Labute approximate surface area is 168 Å². The molecule has 0 aliphatic heterocycles. The van der Waals surface area contributed by atoms with Crippen LogP contribution in [0.15, 0.2) is 60.7 Å². The van der Waals surface area contributed by atoms with Gasteiger partial charge in [0.1, 0.15) is 0 Å². The topological polar surface area (TPSA) is 53.9 Å². The number of likely N-dealkylation sites (N-methyl/N-ethyl adjacent to an activating group) is 1. The average Bonchev–Trinajstić information content (AvgIpc) is 2.61. The molecule has 150 valence electrons. The van der Waals surface area contributed by atoms with Crippen LogP contribution in [0.5, 0.6) is 0 Å². The van der Waals surface area contributed by atoms with Crippen molar-refractivity contribution >= 4 is 11.8 Å². The Morgan fingerprint density at radius 2 is 1.32 bits per heavy atom. The zero-order valence-corrected chi connectivity index (χ0v) is 17.4. The number of amides is 2. The van der Waals surface area contributed by atoms with Gasteiger partial charge in [0, 0.05) is 18.6 Å². The molecule has 0 bridgehead atoms. The highest BCUT2D eigenvalue weighted by Gasteiger charge is 2.22. The molecule has 5 nitrogen and oxygen atoms in total.